The summed E-state index contributed by atoms with van der Waals surface area (Å²) in [5.74, 6) is 1.29. The van der Waals surface area contributed by atoms with E-state index in [1.165, 1.54) is 44.9 Å². The number of carbonyl (C=O) groups is 1. The zero-order chi connectivity index (χ0) is 16.1. The normalized spacial score (nSPS) is 15.5. The van der Waals surface area contributed by atoms with Gasteiger partial charge in [0.25, 0.3) is 0 Å². The van der Waals surface area contributed by atoms with Crippen LogP contribution in [0.25, 0.3) is 0 Å². The van der Waals surface area contributed by atoms with E-state index in [0.717, 1.165) is 12.8 Å². The van der Waals surface area contributed by atoms with Crippen LogP contribution in [-0.4, -0.2) is 12.6 Å². The minimum atomic E-state index is 0.0138. The van der Waals surface area contributed by atoms with Crippen LogP contribution in [0.15, 0.2) is 0 Å². The van der Waals surface area contributed by atoms with Gasteiger partial charge in [0.15, 0.2) is 0 Å². The molecule has 0 fully saturated rings. The Morgan fingerprint density at radius 1 is 0.905 bits per heavy atom. The van der Waals surface area contributed by atoms with Crippen molar-refractivity contribution in [2.24, 2.45) is 17.8 Å². The van der Waals surface area contributed by atoms with E-state index in [9.17, 15) is 4.79 Å². The molecule has 0 radical (unpaired) electrons. The van der Waals surface area contributed by atoms with Crippen LogP contribution in [0.2, 0.25) is 0 Å². The Bertz CT molecular complexity index is 250. The number of rotatable bonds is 13. The number of hydrogen-bond donors (Lipinski definition) is 0. The third-order valence-electron chi connectivity index (χ3n) is 4.64. The standard InChI is InChI=1S/C19H38O2/c1-6-10-12-17(8-3)14-16(5)19(20)21-15-18(9-4)13-11-7-2/h16-18H,6-15H2,1-5H3. The third-order valence-corrected chi connectivity index (χ3v) is 4.64. The topological polar surface area (TPSA) is 26.3 Å². The molecule has 0 aliphatic carbocycles. The molecule has 0 spiro atoms. The molecule has 0 saturated carbocycles. The van der Waals surface area contributed by atoms with Crippen LogP contribution in [0.1, 0.15) is 92.4 Å². The molecule has 0 bridgehead atoms. The number of ether oxygens (including phenoxy) is 1. The molecule has 0 amide bonds. The van der Waals surface area contributed by atoms with E-state index in [2.05, 4.69) is 27.7 Å². The van der Waals surface area contributed by atoms with Crippen molar-refractivity contribution < 1.29 is 9.53 Å². The molecule has 0 saturated heterocycles. The zero-order valence-corrected chi connectivity index (χ0v) is 15.1. The molecule has 0 aromatic carbocycles. The third kappa shape index (κ3) is 9.92. The molecule has 126 valence electrons. The van der Waals surface area contributed by atoms with Gasteiger partial charge in [-0.25, -0.2) is 0 Å². The predicted octanol–water partition coefficient (Wildman–Crippen LogP) is 5.99. The first-order chi connectivity index (χ1) is 10.1. The highest BCUT2D eigenvalue weighted by Gasteiger charge is 2.20. The van der Waals surface area contributed by atoms with Crippen LogP contribution < -0.4 is 0 Å². The van der Waals surface area contributed by atoms with E-state index in [0.29, 0.717) is 18.4 Å². The summed E-state index contributed by atoms with van der Waals surface area (Å²) in [5.41, 5.74) is 0. The lowest BCUT2D eigenvalue weighted by atomic mass is 9.89. The molecular formula is C19H38O2. The monoisotopic (exact) mass is 298 g/mol. The lowest BCUT2D eigenvalue weighted by Gasteiger charge is -2.20. The van der Waals surface area contributed by atoms with Crippen molar-refractivity contribution in [2.45, 2.75) is 92.4 Å². The van der Waals surface area contributed by atoms with Crippen LogP contribution in [0.3, 0.4) is 0 Å². The van der Waals surface area contributed by atoms with E-state index >= 15 is 0 Å². The summed E-state index contributed by atoms with van der Waals surface area (Å²) in [7, 11) is 0. The van der Waals surface area contributed by atoms with Crippen molar-refractivity contribution in [1.82, 2.24) is 0 Å². The van der Waals surface area contributed by atoms with Gasteiger partial charge in [-0.1, -0.05) is 79.6 Å². The molecule has 0 N–H and O–H groups in total. The maximum Gasteiger partial charge on any atom is 0.308 e. The van der Waals surface area contributed by atoms with Gasteiger partial charge in [-0.3, -0.25) is 4.79 Å². The van der Waals surface area contributed by atoms with Crippen molar-refractivity contribution in [3.63, 3.8) is 0 Å². The first-order valence-electron chi connectivity index (χ1n) is 9.25. The second-order valence-electron chi connectivity index (χ2n) is 6.60. The fraction of sp³-hybridized carbons (Fsp3) is 0.947. The van der Waals surface area contributed by atoms with Gasteiger partial charge in [0.05, 0.1) is 12.5 Å². The second-order valence-corrected chi connectivity index (χ2v) is 6.60. The van der Waals surface area contributed by atoms with Gasteiger partial charge in [0.2, 0.25) is 0 Å². The van der Waals surface area contributed by atoms with Gasteiger partial charge in [0, 0.05) is 0 Å². The van der Waals surface area contributed by atoms with E-state index in [-0.39, 0.29) is 11.9 Å². The first-order valence-corrected chi connectivity index (χ1v) is 9.25. The minimum absolute atomic E-state index is 0.0138. The van der Waals surface area contributed by atoms with Crippen molar-refractivity contribution >= 4 is 5.97 Å². The Morgan fingerprint density at radius 2 is 1.43 bits per heavy atom. The average molecular weight is 299 g/mol. The van der Waals surface area contributed by atoms with Crippen LogP contribution in [0.5, 0.6) is 0 Å². The SMILES string of the molecule is CCCCC(CC)COC(=O)C(C)CC(CC)CCCC. The Balaban J connectivity index is 4.06. The lowest BCUT2D eigenvalue weighted by molar-refractivity contribution is -0.150. The Kier molecular flexibility index (Phi) is 12.8. The average Bonchev–Trinajstić information content (AvgIpc) is 2.50. The summed E-state index contributed by atoms with van der Waals surface area (Å²) in [6.07, 6.45) is 10.7. The summed E-state index contributed by atoms with van der Waals surface area (Å²) in [6, 6.07) is 0. The van der Waals surface area contributed by atoms with Crippen LogP contribution in [-0.2, 0) is 9.53 Å². The van der Waals surface area contributed by atoms with Crippen molar-refractivity contribution in [2.75, 3.05) is 6.61 Å². The van der Waals surface area contributed by atoms with Gasteiger partial charge < -0.3 is 4.74 Å². The first kappa shape index (κ1) is 20.5. The van der Waals surface area contributed by atoms with E-state index < -0.39 is 0 Å². The fourth-order valence-corrected chi connectivity index (χ4v) is 2.82. The molecule has 3 unspecified atom stereocenters. The summed E-state index contributed by atoms with van der Waals surface area (Å²) < 4.78 is 5.56. The molecule has 0 aliphatic heterocycles. The molecule has 0 aromatic rings. The quantitative estimate of drug-likeness (QED) is 0.390. The van der Waals surface area contributed by atoms with Crippen molar-refractivity contribution in [1.29, 1.82) is 0 Å². The van der Waals surface area contributed by atoms with Crippen LogP contribution in [0.4, 0.5) is 0 Å². The highest BCUT2D eigenvalue weighted by Crippen LogP contribution is 2.23. The molecule has 0 aromatic heterocycles. The minimum Gasteiger partial charge on any atom is -0.465 e. The maximum absolute atomic E-state index is 12.1. The molecule has 3 atom stereocenters. The predicted molar refractivity (Wildman–Crippen MR) is 91.4 cm³/mol. The molecule has 21 heavy (non-hydrogen) atoms. The summed E-state index contributed by atoms with van der Waals surface area (Å²) in [5, 5.41) is 0. The summed E-state index contributed by atoms with van der Waals surface area (Å²) in [6.45, 7) is 11.5. The van der Waals surface area contributed by atoms with Gasteiger partial charge in [0.1, 0.15) is 0 Å². The smallest absolute Gasteiger partial charge is 0.308 e. The van der Waals surface area contributed by atoms with Gasteiger partial charge in [-0.05, 0) is 24.7 Å². The van der Waals surface area contributed by atoms with Gasteiger partial charge >= 0.3 is 5.97 Å². The van der Waals surface area contributed by atoms with Gasteiger partial charge in [-0.15, -0.1) is 0 Å². The van der Waals surface area contributed by atoms with Crippen LogP contribution in [0, 0.1) is 17.8 Å². The highest BCUT2D eigenvalue weighted by molar-refractivity contribution is 5.71. The van der Waals surface area contributed by atoms with Crippen molar-refractivity contribution in [3.05, 3.63) is 0 Å². The van der Waals surface area contributed by atoms with E-state index in [1.807, 2.05) is 6.92 Å². The summed E-state index contributed by atoms with van der Waals surface area (Å²) in [4.78, 5) is 12.1. The largest absolute Gasteiger partial charge is 0.465 e. The number of esters is 1. The molecule has 0 aliphatic rings. The fourth-order valence-electron chi connectivity index (χ4n) is 2.82. The summed E-state index contributed by atoms with van der Waals surface area (Å²) >= 11 is 0. The zero-order valence-electron chi connectivity index (χ0n) is 15.1. The van der Waals surface area contributed by atoms with E-state index in [4.69, 9.17) is 4.74 Å². The highest BCUT2D eigenvalue weighted by atomic mass is 16.5. The van der Waals surface area contributed by atoms with Crippen molar-refractivity contribution in [3.8, 4) is 0 Å². The van der Waals surface area contributed by atoms with E-state index in [1.54, 1.807) is 0 Å². The van der Waals surface area contributed by atoms with Gasteiger partial charge in [-0.2, -0.15) is 0 Å². The van der Waals surface area contributed by atoms with Crippen LogP contribution >= 0.6 is 0 Å². The Morgan fingerprint density at radius 3 is 1.90 bits per heavy atom. The maximum atomic E-state index is 12.1. The number of unbranched alkanes of at least 4 members (excludes halogenated alkanes) is 2. The lowest BCUT2D eigenvalue weighted by Crippen LogP contribution is -2.21. The molecule has 0 heterocycles. The number of carbonyl (C=O) groups excluding carboxylic acids is 1. The molecular weight excluding hydrogens is 260 g/mol. The molecule has 2 nitrogen and oxygen atoms in total. The Labute approximate surface area is 133 Å². The Hall–Kier alpha value is -0.530. The molecule has 0 rings (SSSR count). The second kappa shape index (κ2) is 13.2. The molecule has 2 heteroatoms. The number of hydrogen-bond acceptors (Lipinski definition) is 2.